The molecule has 164 valence electrons. The first kappa shape index (κ1) is 21.7. The Bertz CT molecular complexity index is 1290. The average molecular weight is 451 g/mol. The predicted octanol–water partition coefficient (Wildman–Crippen LogP) is 4.87. The van der Waals surface area contributed by atoms with Gasteiger partial charge in [-0.05, 0) is 61.7 Å². The number of thiazole rings is 1. The summed E-state index contributed by atoms with van der Waals surface area (Å²) in [5.41, 5.74) is 4.42. The summed E-state index contributed by atoms with van der Waals surface area (Å²) in [4.78, 5) is 29.8. The maximum Gasteiger partial charge on any atom is 0.276 e. The minimum Gasteiger partial charge on any atom is -0.326 e. The van der Waals surface area contributed by atoms with E-state index in [-0.39, 0.29) is 23.7 Å². The fraction of sp³-hybridized carbons (Fsp3) is 0.208. The molecule has 0 radical (unpaired) electrons. The molecule has 0 aliphatic carbocycles. The van der Waals surface area contributed by atoms with Crippen LogP contribution in [0.5, 0.6) is 0 Å². The normalized spacial score (nSPS) is 11.0. The zero-order valence-corrected chi connectivity index (χ0v) is 18.6. The van der Waals surface area contributed by atoms with Gasteiger partial charge in [-0.1, -0.05) is 19.1 Å². The van der Waals surface area contributed by atoms with Gasteiger partial charge >= 0.3 is 0 Å². The van der Waals surface area contributed by atoms with Crippen LogP contribution in [-0.2, 0) is 17.6 Å². The molecule has 0 aliphatic rings. The molecule has 2 aromatic heterocycles. The Morgan fingerprint density at radius 1 is 1.16 bits per heavy atom. The van der Waals surface area contributed by atoms with Crippen LogP contribution in [0.2, 0.25) is 0 Å². The SMILES string of the molecule is CCc1ccc(NC(=O)CCc2c(C)[nH]n(-c3nc(-c4ccc(F)cc4)cs3)c2=O)cc1. The molecule has 8 heteroatoms. The third kappa shape index (κ3) is 4.70. The molecule has 32 heavy (non-hydrogen) atoms. The average Bonchev–Trinajstić information content (AvgIpc) is 3.38. The summed E-state index contributed by atoms with van der Waals surface area (Å²) in [6.07, 6.45) is 1.46. The molecule has 4 aromatic rings. The Labute approximate surface area is 188 Å². The number of rotatable bonds is 7. The van der Waals surface area contributed by atoms with Gasteiger partial charge in [-0.3, -0.25) is 14.7 Å². The lowest BCUT2D eigenvalue weighted by Gasteiger charge is -2.05. The third-order valence-corrected chi connectivity index (χ3v) is 6.09. The molecule has 6 nitrogen and oxygen atoms in total. The van der Waals surface area contributed by atoms with Crippen LogP contribution in [0.15, 0.2) is 58.7 Å². The van der Waals surface area contributed by atoms with Crippen LogP contribution in [0.1, 0.15) is 30.2 Å². The molecular weight excluding hydrogens is 427 g/mol. The van der Waals surface area contributed by atoms with E-state index in [4.69, 9.17) is 0 Å². The smallest absolute Gasteiger partial charge is 0.276 e. The van der Waals surface area contributed by atoms with Crippen LogP contribution in [0.3, 0.4) is 0 Å². The Kier molecular flexibility index (Phi) is 6.32. The molecule has 4 rings (SSSR count). The second-order valence-corrected chi connectivity index (χ2v) is 8.31. The number of aromatic amines is 1. The van der Waals surface area contributed by atoms with Crippen molar-refractivity contribution < 1.29 is 9.18 Å². The van der Waals surface area contributed by atoms with Crippen molar-refractivity contribution in [2.24, 2.45) is 0 Å². The molecule has 0 bridgehead atoms. The van der Waals surface area contributed by atoms with Gasteiger partial charge in [-0.2, -0.15) is 4.68 Å². The van der Waals surface area contributed by atoms with Gasteiger partial charge in [0, 0.05) is 34.3 Å². The van der Waals surface area contributed by atoms with E-state index in [1.165, 1.54) is 33.7 Å². The van der Waals surface area contributed by atoms with Gasteiger partial charge in [0.25, 0.3) is 5.56 Å². The van der Waals surface area contributed by atoms with Crippen molar-refractivity contribution in [3.8, 4) is 16.4 Å². The van der Waals surface area contributed by atoms with Crippen molar-refractivity contribution in [3.05, 3.63) is 86.9 Å². The molecule has 1 amide bonds. The number of H-pyrrole nitrogens is 1. The van der Waals surface area contributed by atoms with E-state index in [1.54, 1.807) is 12.1 Å². The second kappa shape index (κ2) is 9.32. The minimum absolute atomic E-state index is 0.145. The van der Waals surface area contributed by atoms with Gasteiger partial charge in [0.05, 0.1) is 5.69 Å². The highest BCUT2D eigenvalue weighted by atomic mass is 32.1. The number of amides is 1. The zero-order chi connectivity index (χ0) is 22.7. The fourth-order valence-corrected chi connectivity index (χ4v) is 4.21. The molecule has 2 N–H and O–H groups in total. The zero-order valence-electron chi connectivity index (χ0n) is 17.8. The van der Waals surface area contributed by atoms with Crippen LogP contribution in [-0.4, -0.2) is 20.7 Å². The molecule has 0 fully saturated rings. The highest BCUT2D eigenvalue weighted by Gasteiger charge is 2.16. The summed E-state index contributed by atoms with van der Waals surface area (Å²) < 4.78 is 14.6. The molecule has 2 heterocycles. The highest BCUT2D eigenvalue weighted by molar-refractivity contribution is 7.12. The summed E-state index contributed by atoms with van der Waals surface area (Å²) in [6, 6.07) is 13.8. The number of aromatic nitrogens is 3. The first-order valence-corrected chi connectivity index (χ1v) is 11.2. The van der Waals surface area contributed by atoms with E-state index in [0.717, 1.165) is 17.7 Å². The Hall–Kier alpha value is -3.52. The van der Waals surface area contributed by atoms with Crippen LogP contribution in [0.4, 0.5) is 10.1 Å². The van der Waals surface area contributed by atoms with E-state index in [2.05, 4.69) is 22.3 Å². The first-order chi connectivity index (χ1) is 15.4. The van der Waals surface area contributed by atoms with Crippen LogP contribution in [0.25, 0.3) is 16.4 Å². The van der Waals surface area contributed by atoms with Crippen molar-refractivity contribution in [2.75, 3.05) is 5.32 Å². The largest absolute Gasteiger partial charge is 0.326 e. The van der Waals surface area contributed by atoms with Crippen molar-refractivity contribution >= 4 is 22.9 Å². The lowest BCUT2D eigenvalue weighted by atomic mass is 10.1. The van der Waals surface area contributed by atoms with Gasteiger partial charge in [0.2, 0.25) is 11.0 Å². The van der Waals surface area contributed by atoms with Crippen molar-refractivity contribution in [2.45, 2.75) is 33.1 Å². The van der Waals surface area contributed by atoms with E-state index in [0.29, 0.717) is 28.5 Å². The van der Waals surface area contributed by atoms with Crippen LogP contribution >= 0.6 is 11.3 Å². The number of hydrogen-bond donors (Lipinski definition) is 2. The molecule has 0 unspecified atom stereocenters. The maximum atomic E-state index is 13.2. The maximum absolute atomic E-state index is 13.2. The van der Waals surface area contributed by atoms with Gasteiger partial charge in [0.1, 0.15) is 5.82 Å². The number of hydrogen-bond acceptors (Lipinski definition) is 4. The number of nitrogens with zero attached hydrogens (tertiary/aromatic N) is 2. The number of anilines is 1. The van der Waals surface area contributed by atoms with Gasteiger partial charge in [-0.15, -0.1) is 11.3 Å². The molecule has 2 aromatic carbocycles. The van der Waals surface area contributed by atoms with Gasteiger partial charge in [0.15, 0.2) is 0 Å². The molecule has 0 aliphatic heterocycles. The number of benzene rings is 2. The standard InChI is InChI=1S/C24H23FN4O2S/c1-3-16-4-10-19(11-5-16)26-22(30)13-12-20-15(2)28-29(23(20)31)24-27-21(14-32-24)17-6-8-18(25)9-7-17/h4-11,14,28H,3,12-13H2,1-2H3,(H,26,30). The topological polar surface area (TPSA) is 79.8 Å². The van der Waals surface area contributed by atoms with Gasteiger partial charge in [-0.25, -0.2) is 9.37 Å². The Balaban J connectivity index is 1.45. The summed E-state index contributed by atoms with van der Waals surface area (Å²) >= 11 is 1.31. The predicted molar refractivity (Wildman–Crippen MR) is 125 cm³/mol. The molecule has 0 atom stereocenters. The number of carbonyl (C=O) groups excluding carboxylic acids is 1. The van der Waals surface area contributed by atoms with Crippen LogP contribution < -0.4 is 10.9 Å². The van der Waals surface area contributed by atoms with E-state index >= 15 is 0 Å². The highest BCUT2D eigenvalue weighted by Crippen LogP contribution is 2.24. The van der Waals surface area contributed by atoms with E-state index < -0.39 is 0 Å². The molecular formula is C24H23FN4O2S. The lowest BCUT2D eigenvalue weighted by Crippen LogP contribution is -2.19. The monoisotopic (exact) mass is 450 g/mol. The quantitative estimate of drug-likeness (QED) is 0.422. The summed E-state index contributed by atoms with van der Waals surface area (Å²) in [6.45, 7) is 3.89. The Morgan fingerprint density at radius 2 is 1.88 bits per heavy atom. The lowest BCUT2D eigenvalue weighted by molar-refractivity contribution is -0.116. The number of carbonyl (C=O) groups is 1. The van der Waals surface area contributed by atoms with E-state index in [1.807, 2.05) is 36.6 Å². The molecule has 0 saturated heterocycles. The molecule has 0 spiro atoms. The summed E-state index contributed by atoms with van der Waals surface area (Å²) in [5, 5.41) is 8.23. The summed E-state index contributed by atoms with van der Waals surface area (Å²) in [7, 11) is 0. The fourth-order valence-electron chi connectivity index (χ4n) is 3.42. The second-order valence-electron chi connectivity index (χ2n) is 7.48. The number of aryl methyl sites for hydroxylation is 2. The number of halogens is 1. The summed E-state index contributed by atoms with van der Waals surface area (Å²) in [5.74, 6) is -0.458. The van der Waals surface area contributed by atoms with Crippen molar-refractivity contribution in [1.29, 1.82) is 0 Å². The Morgan fingerprint density at radius 3 is 2.56 bits per heavy atom. The van der Waals surface area contributed by atoms with Crippen LogP contribution in [0, 0.1) is 12.7 Å². The first-order valence-electron chi connectivity index (χ1n) is 10.4. The van der Waals surface area contributed by atoms with Crippen molar-refractivity contribution in [1.82, 2.24) is 14.8 Å². The molecule has 0 saturated carbocycles. The van der Waals surface area contributed by atoms with E-state index in [9.17, 15) is 14.0 Å². The van der Waals surface area contributed by atoms with Gasteiger partial charge < -0.3 is 5.32 Å². The number of nitrogens with one attached hydrogen (secondary N) is 2. The third-order valence-electron chi connectivity index (χ3n) is 5.26. The van der Waals surface area contributed by atoms with Crippen molar-refractivity contribution in [3.63, 3.8) is 0 Å². The minimum atomic E-state index is -0.313.